The second-order valence-corrected chi connectivity index (χ2v) is 5.89. The van der Waals surface area contributed by atoms with Crippen molar-refractivity contribution in [1.82, 2.24) is 9.88 Å². The number of benzene rings is 1. The van der Waals surface area contributed by atoms with E-state index >= 15 is 0 Å². The Morgan fingerprint density at radius 1 is 1.59 bits per heavy atom. The second-order valence-electron chi connectivity index (χ2n) is 5.89. The minimum atomic E-state index is -0.439. The van der Waals surface area contributed by atoms with Gasteiger partial charge in [0.25, 0.3) is 5.69 Å². The van der Waals surface area contributed by atoms with Crippen LogP contribution in [0.4, 0.5) is 5.69 Å². The van der Waals surface area contributed by atoms with Gasteiger partial charge in [-0.05, 0) is 38.3 Å². The molecule has 0 spiro atoms. The Balaban J connectivity index is 1.75. The summed E-state index contributed by atoms with van der Waals surface area (Å²) in [5.41, 5.74) is 1.08. The molecule has 0 bridgehead atoms. The van der Waals surface area contributed by atoms with Crippen LogP contribution in [-0.2, 0) is 6.54 Å². The van der Waals surface area contributed by atoms with E-state index < -0.39 is 4.92 Å². The minimum Gasteiger partial charge on any atom is -0.439 e. The Bertz CT molecular complexity index is 682. The number of oxazole rings is 1. The van der Waals surface area contributed by atoms with E-state index in [0.717, 1.165) is 25.9 Å². The van der Waals surface area contributed by atoms with Gasteiger partial charge in [0, 0.05) is 18.7 Å². The number of non-ortho nitro benzene ring substituents is 1. The van der Waals surface area contributed by atoms with E-state index in [-0.39, 0.29) is 17.7 Å². The number of fused-ring (bicyclic) bond motifs is 1. The molecule has 2 atom stereocenters. The van der Waals surface area contributed by atoms with Crippen LogP contribution in [0.1, 0.15) is 25.7 Å². The third kappa shape index (κ3) is 3.10. The van der Waals surface area contributed by atoms with Crippen LogP contribution in [0.3, 0.4) is 0 Å². The van der Waals surface area contributed by atoms with E-state index in [1.54, 1.807) is 6.07 Å². The van der Waals surface area contributed by atoms with Gasteiger partial charge in [-0.3, -0.25) is 15.0 Å². The largest absolute Gasteiger partial charge is 0.439 e. The van der Waals surface area contributed by atoms with E-state index in [1.807, 2.05) is 6.92 Å². The molecule has 0 saturated carbocycles. The zero-order valence-electron chi connectivity index (χ0n) is 12.4. The van der Waals surface area contributed by atoms with Crippen LogP contribution in [0.25, 0.3) is 11.1 Å². The molecule has 1 aromatic heterocycles. The third-order valence-electron chi connectivity index (χ3n) is 4.21. The van der Waals surface area contributed by atoms with Gasteiger partial charge < -0.3 is 9.52 Å². The molecule has 1 aromatic carbocycles. The average Bonchev–Trinajstić information content (AvgIpc) is 2.88. The van der Waals surface area contributed by atoms with Crippen LogP contribution < -0.4 is 0 Å². The van der Waals surface area contributed by atoms with Gasteiger partial charge in [0.15, 0.2) is 5.58 Å². The van der Waals surface area contributed by atoms with Gasteiger partial charge in [0.05, 0.1) is 17.6 Å². The van der Waals surface area contributed by atoms with Crippen LogP contribution in [0.15, 0.2) is 22.6 Å². The van der Waals surface area contributed by atoms with Gasteiger partial charge in [0.2, 0.25) is 5.89 Å². The Kier molecular flexibility index (Phi) is 4.08. The molecule has 1 N–H and O–H groups in total. The molecule has 7 nitrogen and oxygen atoms in total. The number of nitro groups is 1. The molecule has 0 radical (unpaired) electrons. The molecular formula is C15H19N3O4. The lowest BCUT2D eigenvalue weighted by Crippen LogP contribution is -2.39. The van der Waals surface area contributed by atoms with Gasteiger partial charge >= 0.3 is 0 Å². The number of aromatic nitrogens is 1. The number of piperidine rings is 1. The van der Waals surface area contributed by atoms with Crippen LogP contribution >= 0.6 is 0 Å². The number of hydrogen-bond donors (Lipinski definition) is 1. The Labute approximate surface area is 127 Å². The first-order valence-corrected chi connectivity index (χ1v) is 7.47. The number of aliphatic hydroxyl groups excluding tert-OH is 1. The first-order chi connectivity index (χ1) is 10.5. The minimum absolute atomic E-state index is 0.0134. The van der Waals surface area contributed by atoms with Crippen LogP contribution in [0.2, 0.25) is 0 Å². The maximum atomic E-state index is 10.8. The standard InChI is InChI=1S/C15H19N3O4/c1-10(19)11-3-2-6-17(8-11)9-15-16-13-7-12(18(20)21)4-5-14(13)22-15/h4-5,7,10-11,19H,2-3,6,8-9H2,1H3. The molecule has 1 fully saturated rings. The molecule has 1 aliphatic rings. The number of likely N-dealkylation sites (tertiary alicyclic amines) is 1. The zero-order chi connectivity index (χ0) is 15.7. The molecule has 1 aliphatic heterocycles. The fraction of sp³-hybridized carbons (Fsp3) is 0.533. The highest BCUT2D eigenvalue weighted by molar-refractivity contribution is 5.75. The van der Waals surface area contributed by atoms with Crippen molar-refractivity contribution in [3.8, 4) is 0 Å². The van der Waals surface area contributed by atoms with Crippen molar-refractivity contribution in [3.63, 3.8) is 0 Å². The van der Waals surface area contributed by atoms with Crippen molar-refractivity contribution >= 4 is 16.8 Å². The molecular weight excluding hydrogens is 286 g/mol. The smallest absolute Gasteiger partial charge is 0.271 e. The van der Waals surface area contributed by atoms with Crippen molar-refractivity contribution in [1.29, 1.82) is 0 Å². The lowest BCUT2D eigenvalue weighted by molar-refractivity contribution is -0.384. The van der Waals surface area contributed by atoms with Crippen molar-refractivity contribution in [2.75, 3.05) is 13.1 Å². The highest BCUT2D eigenvalue weighted by Crippen LogP contribution is 2.24. The Morgan fingerprint density at radius 2 is 2.41 bits per heavy atom. The fourth-order valence-corrected chi connectivity index (χ4v) is 2.96. The summed E-state index contributed by atoms with van der Waals surface area (Å²) in [5.74, 6) is 0.834. The quantitative estimate of drug-likeness (QED) is 0.688. The van der Waals surface area contributed by atoms with E-state index in [0.29, 0.717) is 23.5 Å². The summed E-state index contributed by atoms with van der Waals surface area (Å²) in [4.78, 5) is 16.9. The zero-order valence-corrected chi connectivity index (χ0v) is 12.4. The summed E-state index contributed by atoms with van der Waals surface area (Å²) in [7, 11) is 0. The molecule has 7 heteroatoms. The molecule has 22 heavy (non-hydrogen) atoms. The maximum Gasteiger partial charge on any atom is 0.271 e. The SMILES string of the molecule is CC(O)C1CCCN(Cc2nc3cc([N+](=O)[O-])ccc3o2)C1. The van der Waals surface area contributed by atoms with Crippen molar-refractivity contribution < 1.29 is 14.4 Å². The monoisotopic (exact) mass is 305 g/mol. The fourth-order valence-electron chi connectivity index (χ4n) is 2.96. The van der Waals surface area contributed by atoms with Crippen LogP contribution in [0, 0.1) is 16.0 Å². The molecule has 2 aromatic rings. The number of hydrogen-bond acceptors (Lipinski definition) is 6. The van der Waals surface area contributed by atoms with Gasteiger partial charge in [-0.15, -0.1) is 0 Å². The van der Waals surface area contributed by atoms with Crippen LogP contribution in [0.5, 0.6) is 0 Å². The average molecular weight is 305 g/mol. The van der Waals surface area contributed by atoms with E-state index in [1.165, 1.54) is 12.1 Å². The molecule has 0 amide bonds. The number of nitrogens with zero attached hydrogens (tertiary/aromatic N) is 3. The lowest BCUT2D eigenvalue weighted by atomic mass is 9.93. The summed E-state index contributed by atoms with van der Waals surface area (Å²) < 4.78 is 5.66. The maximum absolute atomic E-state index is 10.8. The van der Waals surface area contributed by atoms with E-state index in [9.17, 15) is 15.2 Å². The molecule has 118 valence electrons. The molecule has 2 heterocycles. The Hall–Kier alpha value is -1.99. The van der Waals surface area contributed by atoms with Crippen molar-refractivity contribution in [2.24, 2.45) is 5.92 Å². The molecule has 2 unspecified atom stereocenters. The summed E-state index contributed by atoms with van der Waals surface area (Å²) in [6.45, 7) is 4.15. The van der Waals surface area contributed by atoms with Gasteiger partial charge in [0.1, 0.15) is 5.52 Å². The first-order valence-electron chi connectivity index (χ1n) is 7.47. The highest BCUT2D eigenvalue weighted by Gasteiger charge is 2.24. The molecule has 1 saturated heterocycles. The normalized spacial score (nSPS) is 21.1. The van der Waals surface area contributed by atoms with Gasteiger partial charge in [-0.1, -0.05) is 0 Å². The summed E-state index contributed by atoms with van der Waals surface area (Å²) in [6.07, 6.45) is 1.77. The van der Waals surface area contributed by atoms with E-state index in [4.69, 9.17) is 4.42 Å². The van der Waals surface area contributed by atoms with Crippen LogP contribution in [-0.4, -0.2) is 39.1 Å². The lowest BCUT2D eigenvalue weighted by Gasteiger charge is -2.33. The summed E-state index contributed by atoms with van der Waals surface area (Å²) in [5, 5.41) is 20.5. The predicted octanol–water partition coefficient (Wildman–Crippen LogP) is 2.33. The number of nitro benzene ring substituents is 1. The Morgan fingerprint density at radius 3 is 3.14 bits per heavy atom. The van der Waals surface area contributed by atoms with Crippen molar-refractivity contribution in [3.05, 3.63) is 34.2 Å². The second kappa shape index (κ2) is 6.02. The molecule has 0 aliphatic carbocycles. The van der Waals surface area contributed by atoms with Gasteiger partial charge in [-0.2, -0.15) is 0 Å². The van der Waals surface area contributed by atoms with Crippen molar-refractivity contribution in [2.45, 2.75) is 32.4 Å². The third-order valence-corrected chi connectivity index (χ3v) is 4.21. The topological polar surface area (TPSA) is 92.6 Å². The number of aliphatic hydroxyl groups is 1. The summed E-state index contributed by atoms with van der Waals surface area (Å²) >= 11 is 0. The summed E-state index contributed by atoms with van der Waals surface area (Å²) in [6, 6.07) is 4.43. The van der Waals surface area contributed by atoms with Gasteiger partial charge in [-0.25, -0.2) is 4.98 Å². The van der Waals surface area contributed by atoms with E-state index in [2.05, 4.69) is 9.88 Å². The first kappa shape index (κ1) is 14.9. The number of rotatable bonds is 4. The predicted molar refractivity (Wildman–Crippen MR) is 80.3 cm³/mol. The highest BCUT2D eigenvalue weighted by atomic mass is 16.6. The molecule has 3 rings (SSSR count).